The Morgan fingerprint density at radius 2 is 1.65 bits per heavy atom. The van der Waals surface area contributed by atoms with Crippen LogP contribution in [0, 0.1) is 0 Å². The number of benzene rings is 3. The first-order valence-electron chi connectivity index (χ1n) is 14.1. The van der Waals surface area contributed by atoms with Gasteiger partial charge >= 0.3 is 5.97 Å². The minimum absolute atomic E-state index is 0.168. The van der Waals surface area contributed by atoms with Crippen LogP contribution in [-0.2, 0) is 22.6 Å². The number of amides is 1. The molecule has 2 atom stereocenters. The van der Waals surface area contributed by atoms with Crippen molar-refractivity contribution in [3.63, 3.8) is 0 Å². The zero-order chi connectivity index (χ0) is 29.9. The highest BCUT2D eigenvalue weighted by atomic mass is 35.5. The maximum Gasteiger partial charge on any atom is 0.326 e. The molecule has 218 valence electrons. The SMILES string of the molecule is O=C(O)[C@H](Cc1ccccc1)NC(=O)[C@@H]1CCCN1c1cc(=O)n2cc(-c3ccc(Cl)cc3)nc2n1Cc1ccccc1. The number of fused-ring (bicyclic) bond motifs is 1. The summed E-state index contributed by atoms with van der Waals surface area (Å²) in [4.78, 5) is 46.0. The molecule has 9 nitrogen and oxygen atoms in total. The number of nitrogens with one attached hydrogen (secondary N) is 1. The third-order valence-corrected chi connectivity index (χ3v) is 8.02. The standard InChI is InChI=1S/C33H30ClN5O4/c34-25-15-13-24(14-16-25)27-21-39-30(40)19-29(38(33(39)36-27)20-23-10-5-2-6-11-23)37-17-7-12-28(37)31(41)35-26(32(42)43)18-22-8-3-1-4-9-22/h1-6,8-11,13-16,19,21,26,28H,7,12,17-18,20H2,(H,35,41)(H,42,43)/t26-,28-/m0/s1. The van der Waals surface area contributed by atoms with Crippen LogP contribution < -0.4 is 15.8 Å². The van der Waals surface area contributed by atoms with Crippen LogP contribution in [0.1, 0.15) is 24.0 Å². The first-order chi connectivity index (χ1) is 20.9. The van der Waals surface area contributed by atoms with Crippen LogP contribution in [0.2, 0.25) is 5.02 Å². The fraction of sp³-hybridized carbons (Fsp3) is 0.212. The maximum atomic E-state index is 13.6. The molecule has 1 amide bonds. The molecule has 2 N–H and O–H groups in total. The molecule has 1 aliphatic rings. The normalized spacial score (nSPS) is 15.5. The molecule has 6 rings (SSSR count). The van der Waals surface area contributed by atoms with Crippen molar-refractivity contribution in [3.05, 3.63) is 124 Å². The summed E-state index contributed by atoms with van der Waals surface area (Å²) < 4.78 is 3.46. The van der Waals surface area contributed by atoms with Gasteiger partial charge in [0, 0.05) is 35.8 Å². The van der Waals surface area contributed by atoms with Crippen LogP contribution in [-0.4, -0.2) is 49.6 Å². The van der Waals surface area contributed by atoms with Gasteiger partial charge in [-0.05, 0) is 36.1 Å². The summed E-state index contributed by atoms with van der Waals surface area (Å²) in [6.45, 7) is 0.942. The van der Waals surface area contributed by atoms with E-state index in [0.29, 0.717) is 48.2 Å². The van der Waals surface area contributed by atoms with Gasteiger partial charge in [0.1, 0.15) is 17.9 Å². The number of aliphatic carboxylic acids is 1. The lowest BCUT2D eigenvalue weighted by Gasteiger charge is -2.30. The van der Waals surface area contributed by atoms with Crippen LogP contribution in [0.4, 0.5) is 5.82 Å². The van der Waals surface area contributed by atoms with Crippen LogP contribution in [0.25, 0.3) is 17.0 Å². The van der Waals surface area contributed by atoms with Crippen molar-refractivity contribution >= 4 is 35.1 Å². The largest absolute Gasteiger partial charge is 0.480 e. The van der Waals surface area contributed by atoms with Crippen molar-refractivity contribution in [3.8, 4) is 11.3 Å². The van der Waals surface area contributed by atoms with E-state index in [2.05, 4.69) is 5.32 Å². The Morgan fingerprint density at radius 1 is 0.977 bits per heavy atom. The van der Waals surface area contributed by atoms with E-state index in [1.54, 1.807) is 18.3 Å². The summed E-state index contributed by atoms with van der Waals surface area (Å²) >= 11 is 6.09. The fourth-order valence-electron chi connectivity index (χ4n) is 5.63. The first-order valence-corrected chi connectivity index (χ1v) is 14.5. The zero-order valence-corrected chi connectivity index (χ0v) is 24.0. The Morgan fingerprint density at radius 3 is 2.33 bits per heavy atom. The molecule has 3 aromatic carbocycles. The summed E-state index contributed by atoms with van der Waals surface area (Å²) in [7, 11) is 0. The van der Waals surface area contributed by atoms with Gasteiger partial charge in [0.05, 0.1) is 12.2 Å². The maximum absolute atomic E-state index is 13.6. The number of halogens is 1. The first kappa shape index (κ1) is 28.2. The van der Waals surface area contributed by atoms with Gasteiger partial charge in [0.15, 0.2) is 0 Å². The molecule has 2 aromatic heterocycles. The second-order valence-corrected chi connectivity index (χ2v) is 11.1. The molecule has 1 aliphatic heterocycles. The lowest BCUT2D eigenvalue weighted by atomic mass is 10.1. The lowest BCUT2D eigenvalue weighted by molar-refractivity contribution is -0.141. The zero-order valence-electron chi connectivity index (χ0n) is 23.3. The Hall–Kier alpha value is -4.89. The highest BCUT2D eigenvalue weighted by Crippen LogP contribution is 2.29. The van der Waals surface area contributed by atoms with E-state index in [0.717, 1.165) is 16.7 Å². The summed E-state index contributed by atoms with van der Waals surface area (Å²) in [6.07, 6.45) is 3.12. The lowest BCUT2D eigenvalue weighted by Crippen LogP contribution is -2.51. The molecule has 1 fully saturated rings. The van der Waals surface area contributed by atoms with Gasteiger partial charge in [-0.15, -0.1) is 0 Å². The highest BCUT2D eigenvalue weighted by molar-refractivity contribution is 6.30. The average molecular weight is 596 g/mol. The second-order valence-electron chi connectivity index (χ2n) is 10.7. The van der Waals surface area contributed by atoms with Crippen LogP contribution in [0.15, 0.2) is 102 Å². The third-order valence-electron chi connectivity index (χ3n) is 7.77. The molecule has 0 spiro atoms. The molecule has 0 aliphatic carbocycles. The predicted octanol–water partition coefficient (Wildman–Crippen LogP) is 4.65. The highest BCUT2D eigenvalue weighted by Gasteiger charge is 2.35. The minimum Gasteiger partial charge on any atom is -0.480 e. The number of hydrogen-bond donors (Lipinski definition) is 2. The molecular weight excluding hydrogens is 566 g/mol. The van der Waals surface area contributed by atoms with Gasteiger partial charge in [-0.3, -0.25) is 18.6 Å². The molecular formula is C33H30ClN5O4. The molecule has 0 saturated carbocycles. The van der Waals surface area contributed by atoms with Crippen LogP contribution in [0.3, 0.4) is 0 Å². The topological polar surface area (TPSA) is 109 Å². The van der Waals surface area contributed by atoms with Gasteiger partial charge in [-0.25, -0.2) is 9.78 Å². The van der Waals surface area contributed by atoms with Crippen molar-refractivity contribution in [1.82, 2.24) is 19.3 Å². The molecule has 1 saturated heterocycles. The molecule has 43 heavy (non-hydrogen) atoms. The fourth-order valence-corrected chi connectivity index (χ4v) is 5.76. The summed E-state index contributed by atoms with van der Waals surface area (Å²) in [5, 5.41) is 13.3. The second kappa shape index (κ2) is 12.1. The number of rotatable bonds is 9. The van der Waals surface area contributed by atoms with Crippen LogP contribution in [0.5, 0.6) is 0 Å². The minimum atomic E-state index is -1.10. The number of anilines is 1. The third kappa shape index (κ3) is 6.03. The monoisotopic (exact) mass is 595 g/mol. The molecule has 3 heterocycles. The smallest absolute Gasteiger partial charge is 0.326 e. The number of carboxylic acids is 1. The van der Waals surface area contributed by atoms with E-state index in [4.69, 9.17) is 16.6 Å². The number of aromatic nitrogens is 3. The number of carboxylic acid groups (broad SMARTS) is 1. The molecule has 5 aromatic rings. The predicted molar refractivity (Wildman–Crippen MR) is 166 cm³/mol. The van der Waals surface area contributed by atoms with Crippen molar-refractivity contribution in [2.24, 2.45) is 0 Å². The van der Waals surface area contributed by atoms with Crippen molar-refractivity contribution in [1.29, 1.82) is 0 Å². The molecule has 10 heteroatoms. The Kier molecular flexibility index (Phi) is 7.98. The number of hydrogen-bond acceptors (Lipinski definition) is 5. The van der Waals surface area contributed by atoms with E-state index in [9.17, 15) is 19.5 Å². The summed E-state index contributed by atoms with van der Waals surface area (Å²) in [5.41, 5.74) is 2.97. The van der Waals surface area contributed by atoms with Crippen molar-refractivity contribution < 1.29 is 14.7 Å². The van der Waals surface area contributed by atoms with Crippen LogP contribution >= 0.6 is 11.6 Å². The van der Waals surface area contributed by atoms with Crippen molar-refractivity contribution in [2.45, 2.75) is 37.9 Å². The van der Waals surface area contributed by atoms with E-state index < -0.39 is 18.1 Å². The quantitative estimate of drug-likeness (QED) is 0.257. The molecule has 0 radical (unpaired) electrons. The van der Waals surface area contributed by atoms with Gasteiger partial charge in [0.2, 0.25) is 11.7 Å². The Labute approximate surface area is 253 Å². The van der Waals surface area contributed by atoms with Gasteiger partial charge in [-0.1, -0.05) is 84.4 Å². The van der Waals surface area contributed by atoms with Gasteiger partial charge in [-0.2, -0.15) is 0 Å². The molecule has 0 unspecified atom stereocenters. The number of imidazole rings is 1. The van der Waals surface area contributed by atoms with Crippen molar-refractivity contribution in [2.75, 3.05) is 11.4 Å². The summed E-state index contributed by atoms with van der Waals surface area (Å²) in [5.74, 6) is -0.488. The Bertz CT molecular complexity index is 1820. The van der Waals surface area contributed by atoms with Gasteiger partial charge in [0.25, 0.3) is 5.56 Å². The number of carbonyl (C=O) groups is 2. The van der Waals surface area contributed by atoms with E-state index in [1.807, 2.05) is 82.3 Å². The summed E-state index contributed by atoms with van der Waals surface area (Å²) in [6, 6.07) is 26.1. The molecule has 0 bridgehead atoms. The number of nitrogens with zero attached hydrogens (tertiary/aromatic N) is 4. The Balaban J connectivity index is 1.38. The van der Waals surface area contributed by atoms with Gasteiger partial charge < -0.3 is 15.3 Å². The van der Waals surface area contributed by atoms with E-state index >= 15 is 0 Å². The van der Waals surface area contributed by atoms with E-state index in [-0.39, 0.29) is 17.9 Å². The number of carbonyl (C=O) groups excluding carboxylic acids is 1. The average Bonchev–Trinajstić information content (AvgIpc) is 3.68. The van der Waals surface area contributed by atoms with E-state index in [1.165, 1.54) is 10.5 Å².